The van der Waals surface area contributed by atoms with Gasteiger partial charge in [0.15, 0.2) is 0 Å². The van der Waals surface area contributed by atoms with Crippen molar-refractivity contribution in [3.63, 3.8) is 0 Å². The molecule has 2 heteroatoms. The Morgan fingerprint density at radius 2 is 1.71 bits per heavy atom. The molecule has 0 bridgehead atoms. The van der Waals surface area contributed by atoms with E-state index in [9.17, 15) is 0 Å². The van der Waals surface area contributed by atoms with Crippen LogP contribution >= 0.6 is 0 Å². The molecule has 1 saturated heterocycles. The minimum atomic E-state index is 0.878. The van der Waals surface area contributed by atoms with E-state index in [2.05, 4.69) is 60.4 Å². The average Bonchev–Trinajstić information content (AvgIpc) is 2.55. The van der Waals surface area contributed by atoms with Crippen LogP contribution in [0.25, 0.3) is 11.1 Å². The van der Waals surface area contributed by atoms with Gasteiger partial charge in [-0.15, -0.1) is 0 Å². The highest BCUT2D eigenvalue weighted by Gasteiger charge is 2.10. The highest BCUT2D eigenvalue weighted by Crippen LogP contribution is 2.21. The summed E-state index contributed by atoms with van der Waals surface area (Å²) < 4.78 is 5.40. The molecule has 0 atom stereocenters. The van der Waals surface area contributed by atoms with E-state index >= 15 is 0 Å². The number of hydrogen-bond donors (Lipinski definition) is 0. The minimum Gasteiger partial charge on any atom is -0.379 e. The molecule has 110 valence electrons. The molecule has 0 amide bonds. The maximum absolute atomic E-state index is 5.40. The highest BCUT2D eigenvalue weighted by atomic mass is 16.5. The monoisotopic (exact) mass is 281 g/mol. The standard InChI is InChI=1S/C19H23NO/c1-16-5-7-18(8-6-16)19-4-2-3-17(15-19)9-10-20-11-13-21-14-12-20/h2-8,15H,9-14H2,1H3. The van der Waals surface area contributed by atoms with Gasteiger partial charge in [0.1, 0.15) is 0 Å². The van der Waals surface area contributed by atoms with Gasteiger partial charge < -0.3 is 4.74 Å². The first kappa shape index (κ1) is 14.3. The molecule has 1 aliphatic heterocycles. The van der Waals surface area contributed by atoms with Crippen molar-refractivity contribution < 1.29 is 4.74 Å². The third kappa shape index (κ3) is 3.93. The van der Waals surface area contributed by atoms with Gasteiger partial charge in [0.05, 0.1) is 13.2 Å². The second-order valence-corrected chi connectivity index (χ2v) is 5.77. The second kappa shape index (κ2) is 6.88. The van der Waals surface area contributed by atoms with Crippen LogP contribution in [0.4, 0.5) is 0 Å². The van der Waals surface area contributed by atoms with Crippen molar-refractivity contribution >= 4 is 0 Å². The van der Waals surface area contributed by atoms with Crippen LogP contribution in [0.5, 0.6) is 0 Å². The predicted octanol–water partition coefficient (Wildman–Crippen LogP) is 3.54. The lowest BCUT2D eigenvalue weighted by Gasteiger charge is -2.26. The molecule has 0 N–H and O–H groups in total. The van der Waals surface area contributed by atoms with Crippen molar-refractivity contribution in [1.82, 2.24) is 4.90 Å². The predicted molar refractivity (Wildman–Crippen MR) is 87.6 cm³/mol. The molecule has 21 heavy (non-hydrogen) atoms. The first-order valence-corrected chi connectivity index (χ1v) is 7.77. The van der Waals surface area contributed by atoms with Gasteiger partial charge >= 0.3 is 0 Å². The maximum Gasteiger partial charge on any atom is 0.0594 e. The van der Waals surface area contributed by atoms with E-state index in [1.54, 1.807) is 0 Å². The molecule has 2 nitrogen and oxygen atoms in total. The van der Waals surface area contributed by atoms with Crippen molar-refractivity contribution in [2.75, 3.05) is 32.8 Å². The first-order valence-electron chi connectivity index (χ1n) is 7.77. The Hall–Kier alpha value is -1.64. The topological polar surface area (TPSA) is 12.5 Å². The van der Waals surface area contributed by atoms with Crippen LogP contribution in [0, 0.1) is 6.92 Å². The van der Waals surface area contributed by atoms with E-state index in [0.717, 1.165) is 39.3 Å². The molecule has 0 spiro atoms. The Bertz CT molecular complexity index is 570. The molecule has 1 aliphatic rings. The van der Waals surface area contributed by atoms with E-state index in [1.807, 2.05) is 0 Å². The van der Waals surface area contributed by atoms with Gasteiger partial charge in [0, 0.05) is 19.6 Å². The van der Waals surface area contributed by atoms with Crippen molar-refractivity contribution in [2.24, 2.45) is 0 Å². The Balaban J connectivity index is 1.66. The van der Waals surface area contributed by atoms with Gasteiger partial charge in [0.2, 0.25) is 0 Å². The summed E-state index contributed by atoms with van der Waals surface area (Å²) in [6.45, 7) is 7.14. The lowest BCUT2D eigenvalue weighted by molar-refractivity contribution is 0.0384. The number of morpholine rings is 1. The summed E-state index contributed by atoms with van der Waals surface area (Å²) >= 11 is 0. The average molecular weight is 281 g/mol. The van der Waals surface area contributed by atoms with Crippen molar-refractivity contribution in [3.8, 4) is 11.1 Å². The lowest BCUT2D eigenvalue weighted by Crippen LogP contribution is -2.37. The van der Waals surface area contributed by atoms with Crippen molar-refractivity contribution in [3.05, 3.63) is 59.7 Å². The number of rotatable bonds is 4. The summed E-state index contributed by atoms with van der Waals surface area (Å²) in [5.41, 5.74) is 5.34. The van der Waals surface area contributed by atoms with Crippen LogP contribution in [0.1, 0.15) is 11.1 Å². The third-order valence-corrected chi connectivity index (χ3v) is 4.13. The number of nitrogens with zero attached hydrogens (tertiary/aromatic N) is 1. The lowest BCUT2D eigenvalue weighted by atomic mass is 10.0. The molecule has 0 saturated carbocycles. The van der Waals surface area contributed by atoms with E-state index in [1.165, 1.54) is 22.3 Å². The van der Waals surface area contributed by atoms with Crippen LogP contribution in [0.3, 0.4) is 0 Å². The molecule has 0 unspecified atom stereocenters. The Kier molecular flexibility index (Phi) is 4.69. The summed E-state index contributed by atoms with van der Waals surface area (Å²) in [5.74, 6) is 0. The molecule has 3 rings (SSSR count). The molecular formula is C19H23NO. The normalized spacial score (nSPS) is 16.0. The summed E-state index contributed by atoms with van der Waals surface area (Å²) in [5, 5.41) is 0. The molecule has 2 aromatic carbocycles. The molecule has 2 aromatic rings. The van der Waals surface area contributed by atoms with Crippen molar-refractivity contribution in [2.45, 2.75) is 13.3 Å². The second-order valence-electron chi connectivity index (χ2n) is 5.77. The Morgan fingerprint density at radius 3 is 2.48 bits per heavy atom. The number of ether oxygens (including phenoxy) is 1. The molecule has 0 radical (unpaired) electrons. The minimum absolute atomic E-state index is 0.878. The van der Waals surface area contributed by atoms with Gasteiger partial charge in [-0.25, -0.2) is 0 Å². The molecular weight excluding hydrogens is 258 g/mol. The fourth-order valence-electron chi connectivity index (χ4n) is 2.76. The number of hydrogen-bond acceptors (Lipinski definition) is 2. The fourth-order valence-corrected chi connectivity index (χ4v) is 2.76. The van der Waals surface area contributed by atoms with Crippen molar-refractivity contribution in [1.29, 1.82) is 0 Å². The summed E-state index contributed by atoms with van der Waals surface area (Å²) in [4.78, 5) is 2.49. The molecule has 1 fully saturated rings. The van der Waals surface area contributed by atoms with E-state index in [-0.39, 0.29) is 0 Å². The zero-order chi connectivity index (χ0) is 14.5. The van der Waals surface area contributed by atoms with Gasteiger partial charge in [0.25, 0.3) is 0 Å². The van der Waals surface area contributed by atoms with Crippen LogP contribution < -0.4 is 0 Å². The van der Waals surface area contributed by atoms with Gasteiger partial charge in [-0.3, -0.25) is 4.90 Å². The zero-order valence-electron chi connectivity index (χ0n) is 12.7. The summed E-state index contributed by atoms with van der Waals surface area (Å²) in [6, 6.07) is 17.7. The Morgan fingerprint density at radius 1 is 0.952 bits per heavy atom. The first-order chi connectivity index (χ1) is 10.3. The third-order valence-electron chi connectivity index (χ3n) is 4.13. The molecule has 0 aliphatic carbocycles. The van der Waals surface area contributed by atoms with E-state index in [4.69, 9.17) is 4.74 Å². The molecule has 1 heterocycles. The van der Waals surface area contributed by atoms with Crippen LogP contribution in [0.15, 0.2) is 48.5 Å². The molecule has 0 aromatic heterocycles. The highest BCUT2D eigenvalue weighted by molar-refractivity contribution is 5.64. The largest absolute Gasteiger partial charge is 0.379 e. The SMILES string of the molecule is Cc1ccc(-c2cccc(CCN3CCOCC3)c2)cc1. The van der Waals surface area contributed by atoms with E-state index < -0.39 is 0 Å². The van der Waals surface area contributed by atoms with Gasteiger partial charge in [-0.05, 0) is 30.0 Å². The van der Waals surface area contributed by atoms with Gasteiger partial charge in [-0.1, -0.05) is 54.1 Å². The van der Waals surface area contributed by atoms with E-state index in [0.29, 0.717) is 0 Å². The van der Waals surface area contributed by atoms with Gasteiger partial charge in [-0.2, -0.15) is 0 Å². The smallest absolute Gasteiger partial charge is 0.0594 e. The quantitative estimate of drug-likeness (QED) is 0.850. The maximum atomic E-state index is 5.40. The van der Waals surface area contributed by atoms with Crippen LogP contribution in [-0.4, -0.2) is 37.7 Å². The summed E-state index contributed by atoms with van der Waals surface area (Å²) in [6.07, 6.45) is 1.11. The van der Waals surface area contributed by atoms with Crippen LogP contribution in [0.2, 0.25) is 0 Å². The number of aryl methyl sites for hydroxylation is 1. The Labute approximate surface area is 127 Å². The summed E-state index contributed by atoms with van der Waals surface area (Å²) in [7, 11) is 0. The number of benzene rings is 2. The van der Waals surface area contributed by atoms with Crippen LogP contribution in [-0.2, 0) is 11.2 Å². The fraction of sp³-hybridized carbons (Fsp3) is 0.368. The zero-order valence-corrected chi connectivity index (χ0v) is 12.7.